The molecule has 0 aliphatic carbocycles. The van der Waals surface area contributed by atoms with Crippen molar-refractivity contribution in [1.29, 1.82) is 0 Å². The highest BCUT2D eigenvalue weighted by atomic mass is 32.2. The van der Waals surface area contributed by atoms with E-state index in [9.17, 15) is 12.8 Å². The molecule has 8 heteroatoms. The molecular weight excluding hydrogens is 369 g/mol. The molecule has 140 valence electrons. The third kappa shape index (κ3) is 3.63. The maximum absolute atomic E-state index is 13.1. The minimum Gasteiger partial charge on any atom is -0.339 e. The summed E-state index contributed by atoms with van der Waals surface area (Å²) in [4.78, 5) is 4.68. The molecule has 6 nitrogen and oxygen atoms in total. The molecule has 0 spiro atoms. The molecule has 27 heavy (non-hydrogen) atoms. The molecule has 0 saturated carbocycles. The zero-order chi connectivity index (χ0) is 18.9. The Hall–Kier alpha value is -2.58. The van der Waals surface area contributed by atoms with Crippen molar-refractivity contribution in [3.05, 3.63) is 66.3 Å². The van der Waals surface area contributed by atoms with Gasteiger partial charge in [-0.05, 0) is 49.2 Å². The Labute approximate surface area is 156 Å². The Kier molecular flexibility index (Phi) is 4.75. The van der Waals surface area contributed by atoms with Gasteiger partial charge in [0, 0.05) is 18.7 Å². The Bertz CT molecular complexity index is 1020. The highest BCUT2D eigenvalue weighted by Gasteiger charge is 2.33. The van der Waals surface area contributed by atoms with Gasteiger partial charge in [-0.1, -0.05) is 23.4 Å². The molecule has 4 rings (SSSR count). The van der Waals surface area contributed by atoms with Gasteiger partial charge in [0.15, 0.2) is 0 Å². The normalized spacial score (nSPS) is 18.5. The molecule has 0 N–H and O–H groups in total. The Morgan fingerprint density at radius 3 is 2.56 bits per heavy atom. The fourth-order valence-corrected chi connectivity index (χ4v) is 4.77. The fraction of sp³-hybridized carbons (Fsp3) is 0.263. The van der Waals surface area contributed by atoms with Gasteiger partial charge in [-0.25, -0.2) is 12.8 Å². The van der Waals surface area contributed by atoms with Crippen LogP contribution in [0.1, 0.15) is 24.7 Å². The van der Waals surface area contributed by atoms with E-state index >= 15 is 0 Å². The maximum Gasteiger partial charge on any atom is 0.243 e. The summed E-state index contributed by atoms with van der Waals surface area (Å²) in [6.45, 7) is 0.759. The topological polar surface area (TPSA) is 76.3 Å². The Balaban J connectivity index is 1.55. The summed E-state index contributed by atoms with van der Waals surface area (Å²) in [5.41, 5.74) is 0.649. The smallest absolute Gasteiger partial charge is 0.243 e. The second-order valence-corrected chi connectivity index (χ2v) is 8.42. The van der Waals surface area contributed by atoms with Crippen LogP contribution in [0.3, 0.4) is 0 Å². The van der Waals surface area contributed by atoms with Crippen LogP contribution in [0, 0.1) is 5.82 Å². The van der Waals surface area contributed by atoms with Crippen molar-refractivity contribution < 1.29 is 17.3 Å². The number of aromatic nitrogens is 2. The van der Waals surface area contributed by atoms with Crippen LogP contribution < -0.4 is 0 Å². The van der Waals surface area contributed by atoms with Crippen molar-refractivity contribution in [1.82, 2.24) is 14.4 Å². The third-order valence-electron chi connectivity index (χ3n) is 4.66. The van der Waals surface area contributed by atoms with Crippen molar-refractivity contribution in [2.45, 2.75) is 23.7 Å². The molecule has 1 aromatic heterocycles. The standard InChI is InChI=1S/C19H18FN3O3S/c20-16-10-8-14(9-11-16)18-21-19(26-22-18)15-5-4-12-23(13-15)27(24,25)17-6-2-1-3-7-17/h1-3,6-11,15H,4-5,12-13H2/t15-/m0/s1. The van der Waals surface area contributed by atoms with Gasteiger partial charge in [-0.15, -0.1) is 0 Å². The lowest BCUT2D eigenvalue weighted by atomic mass is 10.00. The lowest BCUT2D eigenvalue weighted by Gasteiger charge is -2.30. The van der Waals surface area contributed by atoms with Gasteiger partial charge >= 0.3 is 0 Å². The van der Waals surface area contributed by atoms with Crippen molar-refractivity contribution in [2.75, 3.05) is 13.1 Å². The summed E-state index contributed by atoms with van der Waals surface area (Å²) < 4.78 is 45.6. The molecule has 0 bridgehead atoms. The Morgan fingerprint density at radius 1 is 1.07 bits per heavy atom. The first-order valence-corrected chi connectivity index (χ1v) is 10.1. The summed E-state index contributed by atoms with van der Waals surface area (Å²) in [5, 5.41) is 3.96. The van der Waals surface area contributed by atoms with E-state index in [0.717, 1.165) is 6.42 Å². The van der Waals surface area contributed by atoms with E-state index in [1.807, 2.05) is 0 Å². The lowest BCUT2D eigenvalue weighted by molar-refractivity contribution is 0.265. The zero-order valence-electron chi connectivity index (χ0n) is 14.5. The number of benzene rings is 2. The number of piperidine rings is 1. The summed E-state index contributed by atoms with van der Waals surface area (Å²) in [7, 11) is -3.55. The van der Waals surface area contributed by atoms with Gasteiger partial charge in [0.1, 0.15) is 5.82 Å². The molecule has 0 unspecified atom stereocenters. The molecule has 3 aromatic rings. The molecule has 0 amide bonds. The zero-order valence-corrected chi connectivity index (χ0v) is 15.3. The molecule has 1 aliphatic rings. The van der Waals surface area contributed by atoms with Crippen molar-refractivity contribution in [3.8, 4) is 11.4 Å². The van der Waals surface area contributed by atoms with E-state index in [4.69, 9.17) is 4.52 Å². The van der Waals surface area contributed by atoms with E-state index < -0.39 is 10.0 Å². The summed E-state index contributed by atoms with van der Waals surface area (Å²) in [5.74, 6) is 0.269. The first-order valence-electron chi connectivity index (χ1n) is 8.69. The van der Waals surface area contributed by atoms with E-state index in [-0.39, 0.29) is 16.6 Å². The van der Waals surface area contributed by atoms with E-state index in [1.165, 1.54) is 16.4 Å². The van der Waals surface area contributed by atoms with Crippen LogP contribution in [-0.4, -0.2) is 36.0 Å². The van der Waals surface area contributed by atoms with Crippen molar-refractivity contribution in [2.24, 2.45) is 0 Å². The first kappa shape index (κ1) is 17.8. The number of halogens is 1. The fourth-order valence-electron chi connectivity index (χ4n) is 3.22. The van der Waals surface area contributed by atoms with Gasteiger partial charge in [0.25, 0.3) is 0 Å². The van der Waals surface area contributed by atoms with Crippen LogP contribution >= 0.6 is 0 Å². The van der Waals surface area contributed by atoms with Crippen LogP contribution in [0.25, 0.3) is 11.4 Å². The third-order valence-corrected chi connectivity index (χ3v) is 6.54. The SMILES string of the molecule is O=S(=O)(c1ccccc1)N1CCC[C@H](c2nc(-c3ccc(F)cc3)no2)C1. The molecular formula is C19H18FN3O3S. The van der Waals surface area contributed by atoms with Crippen LogP contribution in [0.4, 0.5) is 4.39 Å². The maximum atomic E-state index is 13.1. The average molecular weight is 387 g/mol. The summed E-state index contributed by atoms with van der Waals surface area (Å²) in [6.07, 6.45) is 1.48. The predicted octanol–water partition coefficient (Wildman–Crippen LogP) is 3.44. The first-order chi connectivity index (χ1) is 13.0. The van der Waals surface area contributed by atoms with Crippen LogP contribution in [0.15, 0.2) is 64.0 Å². The second-order valence-electron chi connectivity index (χ2n) is 6.48. The Morgan fingerprint density at radius 2 is 1.81 bits per heavy atom. The number of hydrogen-bond donors (Lipinski definition) is 0. The van der Waals surface area contributed by atoms with E-state index in [1.54, 1.807) is 42.5 Å². The quantitative estimate of drug-likeness (QED) is 0.685. The van der Waals surface area contributed by atoms with Crippen LogP contribution in [0.5, 0.6) is 0 Å². The highest BCUT2D eigenvalue weighted by Crippen LogP contribution is 2.30. The van der Waals surface area contributed by atoms with Gasteiger partial charge in [-0.2, -0.15) is 9.29 Å². The van der Waals surface area contributed by atoms with Crippen molar-refractivity contribution >= 4 is 10.0 Å². The van der Waals surface area contributed by atoms with Crippen LogP contribution in [0.2, 0.25) is 0 Å². The van der Waals surface area contributed by atoms with Crippen LogP contribution in [-0.2, 0) is 10.0 Å². The number of nitrogens with zero attached hydrogens (tertiary/aromatic N) is 3. The number of rotatable bonds is 4. The second kappa shape index (κ2) is 7.21. The number of sulfonamides is 1. The molecule has 2 heterocycles. The van der Waals surface area contributed by atoms with E-state index in [2.05, 4.69) is 10.1 Å². The summed E-state index contributed by atoms with van der Waals surface area (Å²) >= 11 is 0. The molecule has 0 radical (unpaired) electrons. The minimum atomic E-state index is -3.55. The van der Waals surface area contributed by atoms with E-state index in [0.29, 0.717) is 36.8 Å². The highest BCUT2D eigenvalue weighted by molar-refractivity contribution is 7.89. The van der Waals surface area contributed by atoms with Gasteiger partial charge in [-0.3, -0.25) is 0 Å². The minimum absolute atomic E-state index is 0.168. The monoisotopic (exact) mass is 387 g/mol. The van der Waals surface area contributed by atoms with Gasteiger partial charge < -0.3 is 4.52 Å². The lowest BCUT2D eigenvalue weighted by Crippen LogP contribution is -2.39. The molecule has 1 atom stereocenters. The molecule has 1 fully saturated rings. The van der Waals surface area contributed by atoms with Gasteiger partial charge in [0.2, 0.25) is 21.7 Å². The molecule has 2 aromatic carbocycles. The molecule has 1 aliphatic heterocycles. The van der Waals surface area contributed by atoms with Gasteiger partial charge in [0.05, 0.1) is 10.8 Å². The predicted molar refractivity (Wildman–Crippen MR) is 96.9 cm³/mol. The summed E-state index contributed by atoms with van der Waals surface area (Å²) in [6, 6.07) is 14.2. The van der Waals surface area contributed by atoms with Crippen molar-refractivity contribution in [3.63, 3.8) is 0 Å². The number of hydrogen-bond acceptors (Lipinski definition) is 5. The molecule has 1 saturated heterocycles. The largest absolute Gasteiger partial charge is 0.339 e. The average Bonchev–Trinajstić information content (AvgIpc) is 3.20.